The first-order chi connectivity index (χ1) is 27.9. The van der Waals surface area contributed by atoms with Gasteiger partial charge in [-0.2, -0.15) is 0 Å². The third-order valence-corrected chi connectivity index (χ3v) is 11.5. The van der Waals surface area contributed by atoms with Crippen LogP contribution in [0.2, 0.25) is 0 Å². The fraction of sp³-hybridized carbons (Fsp3) is 0.941. The SMILES string of the molecule is CCCCCCCCCCCCCCCCCCCC(=O)OC[C@@H](COC(=O)CCCCCCC)OC(=O)CCCCCCCCCCCCCCCCC(C)C. The molecule has 0 fully saturated rings. The number of carbonyl (C=O) groups excluding carboxylic acids is 3. The van der Waals surface area contributed by atoms with Crippen molar-refractivity contribution in [2.45, 2.75) is 291 Å². The lowest BCUT2D eigenvalue weighted by atomic mass is 10.0. The van der Waals surface area contributed by atoms with Crippen molar-refractivity contribution in [2.75, 3.05) is 13.2 Å². The summed E-state index contributed by atoms with van der Waals surface area (Å²) in [5.41, 5.74) is 0. The van der Waals surface area contributed by atoms with Crippen molar-refractivity contribution in [2.24, 2.45) is 5.92 Å². The smallest absolute Gasteiger partial charge is 0.306 e. The van der Waals surface area contributed by atoms with Crippen molar-refractivity contribution >= 4 is 17.9 Å². The maximum Gasteiger partial charge on any atom is 0.306 e. The van der Waals surface area contributed by atoms with Crippen LogP contribution in [-0.4, -0.2) is 37.2 Å². The Morgan fingerprint density at radius 2 is 0.579 bits per heavy atom. The number of rotatable bonds is 46. The lowest BCUT2D eigenvalue weighted by Crippen LogP contribution is -2.30. The molecule has 0 spiro atoms. The molecule has 6 heteroatoms. The Bertz CT molecular complexity index is 857. The Labute approximate surface area is 355 Å². The molecule has 0 amide bonds. The summed E-state index contributed by atoms with van der Waals surface area (Å²) in [7, 11) is 0. The zero-order valence-electron chi connectivity index (χ0n) is 38.8. The summed E-state index contributed by atoms with van der Waals surface area (Å²) >= 11 is 0. The number of esters is 3. The van der Waals surface area contributed by atoms with Crippen molar-refractivity contribution in [3.05, 3.63) is 0 Å². The summed E-state index contributed by atoms with van der Waals surface area (Å²) in [4.78, 5) is 37.6. The minimum atomic E-state index is -0.758. The molecule has 0 aromatic carbocycles. The van der Waals surface area contributed by atoms with Crippen LogP contribution in [0.4, 0.5) is 0 Å². The van der Waals surface area contributed by atoms with Crippen LogP contribution in [0.3, 0.4) is 0 Å². The van der Waals surface area contributed by atoms with E-state index in [0.717, 1.165) is 70.1 Å². The normalized spacial score (nSPS) is 11.9. The average molecular weight is 807 g/mol. The third-order valence-electron chi connectivity index (χ3n) is 11.5. The van der Waals surface area contributed by atoms with Gasteiger partial charge in [0.1, 0.15) is 13.2 Å². The van der Waals surface area contributed by atoms with E-state index >= 15 is 0 Å². The lowest BCUT2D eigenvalue weighted by molar-refractivity contribution is -0.167. The highest BCUT2D eigenvalue weighted by molar-refractivity contribution is 5.71. The Hall–Kier alpha value is -1.59. The fourth-order valence-electron chi connectivity index (χ4n) is 7.69. The van der Waals surface area contributed by atoms with Crippen molar-refractivity contribution in [3.63, 3.8) is 0 Å². The summed E-state index contributed by atoms with van der Waals surface area (Å²) in [6.45, 7) is 8.96. The van der Waals surface area contributed by atoms with E-state index < -0.39 is 6.10 Å². The topological polar surface area (TPSA) is 78.9 Å². The van der Waals surface area contributed by atoms with E-state index in [1.165, 1.54) is 173 Å². The molecule has 1 atom stereocenters. The zero-order chi connectivity index (χ0) is 41.7. The molecule has 0 unspecified atom stereocenters. The van der Waals surface area contributed by atoms with Gasteiger partial charge in [0.05, 0.1) is 0 Å². The highest BCUT2D eigenvalue weighted by Gasteiger charge is 2.19. The molecule has 57 heavy (non-hydrogen) atoms. The molecule has 0 bridgehead atoms. The van der Waals surface area contributed by atoms with Crippen LogP contribution in [0, 0.1) is 5.92 Å². The fourth-order valence-corrected chi connectivity index (χ4v) is 7.69. The summed E-state index contributed by atoms with van der Waals surface area (Å²) in [5, 5.41) is 0. The van der Waals surface area contributed by atoms with Gasteiger partial charge < -0.3 is 14.2 Å². The average Bonchev–Trinajstić information content (AvgIpc) is 3.19. The van der Waals surface area contributed by atoms with Crippen LogP contribution in [0.25, 0.3) is 0 Å². The van der Waals surface area contributed by atoms with E-state index in [9.17, 15) is 14.4 Å². The highest BCUT2D eigenvalue weighted by atomic mass is 16.6. The molecule has 6 nitrogen and oxygen atoms in total. The van der Waals surface area contributed by atoms with Crippen molar-refractivity contribution in [3.8, 4) is 0 Å². The van der Waals surface area contributed by atoms with Crippen LogP contribution in [0.5, 0.6) is 0 Å². The van der Waals surface area contributed by atoms with E-state index in [0.29, 0.717) is 19.3 Å². The van der Waals surface area contributed by atoms with Gasteiger partial charge in [-0.1, -0.05) is 246 Å². The summed E-state index contributed by atoms with van der Waals surface area (Å²) in [6.07, 6.45) is 46.9. The Balaban J connectivity index is 4.11. The monoisotopic (exact) mass is 807 g/mol. The predicted octanol–water partition coefficient (Wildman–Crippen LogP) is 16.3. The Morgan fingerprint density at radius 3 is 0.860 bits per heavy atom. The first-order valence-corrected chi connectivity index (χ1v) is 25.4. The lowest BCUT2D eigenvalue weighted by Gasteiger charge is -2.18. The molecule has 0 radical (unpaired) electrons. The van der Waals surface area contributed by atoms with Gasteiger partial charge in [-0.05, 0) is 25.2 Å². The van der Waals surface area contributed by atoms with E-state index in [2.05, 4.69) is 27.7 Å². The first kappa shape index (κ1) is 55.4. The molecule has 0 N–H and O–H groups in total. The summed E-state index contributed by atoms with van der Waals surface area (Å²) in [5.74, 6) is -0.0168. The molecule has 0 rings (SSSR count). The van der Waals surface area contributed by atoms with Crippen LogP contribution in [-0.2, 0) is 28.6 Å². The van der Waals surface area contributed by atoms with E-state index in [1.807, 2.05) is 0 Å². The molecule has 0 aliphatic carbocycles. The second-order valence-electron chi connectivity index (χ2n) is 17.9. The van der Waals surface area contributed by atoms with Gasteiger partial charge in [0.25, 0.3) is 0 Å². The van der Waals surface area contributed by atoms with Crippen molar-refractivity contribution in [1.29, 1.82) is 0 Å². The molecule has 0 aromatic heterocycles. The van der Waals surface area contributed by atoms with Gasteiger partial charge in [0.15, 0.2) is 6.10 Å². The molecule has 338 valence electrons. The summed E-state index contributed by atoms with van der Waals surface area (Å²) in [6, 6.07) is 0. The molecule has 0 heterocycles. The molecule has 0 saturated heterocycles. The van der Waals surface area contributed by atoms with Gasteiger partial charge >= 0.3 is 17.9 Å². The zero-order valence-corrected chi connectivity index (χ0v) is 38.8. The minimum absolute atomic E-state index is 0.0639. The largest absolute Gasteiger partial charge is 0.462 e. The quantitative estimate of drug-likeness (QED) is 0.0346. The maximum atomic E-state index is 12.7. The van der Waals surface area contributed by atoms with Gasteiger partial charge in [-0.25, -0.2) is 0 Å². The van der Waals surface area contributed by atoms with Crippen LogP contribution in [0.15, 0.2) is 0 Å². The van der Waals surface area contributed by atoms with Gasteiger partial charge in [-0.15, -0.1) is 0 Å². The number of carbonyl (C=O) groups is 3. The molecular weight excluding hydrogens is 709 g/mol. The molecule has 0 aromatic rings. The van der Waals surface area contributed by atoms with Gasteiger partial charge in [-0.3, -0.25) is 14.4 Å². The van der Waals surface area contributed by atoms with Crippen LogP contribution >= 0.6 is 0 Å². The number of hydrogen-bond acceptors (Lipinski definition) is 6. The highest BCUT2D eigenvalue weighted by Crippen LogP contribution is 2.17. The van der Waals surface area contributed by atoms with E-state index in [4.69, 9.17) is 14.2 Å². The van der Waals surface area contributed by atoms with Crippen molar-refractivity contribution in [1.82, 2.24) is 0 Å². The standard InChI is InChI=1S/C51H98O6/c1-5-7-9-11-12-13-14-15-16-17-18-22-25-28-31-35-39-43-50(53)56-46-48(45-55-49(52)42-38-33-10-8-6-2)57-51(54)44-40-36-32-29-26-23-20-19-21-24-27-30-34-37-41-47(3)4/h47-48H,5-46H2,1-4H3/t48-/m1/s1. The van der Waals surface area contributed by atoms with E-state index in [-0.39, 0.29) is 31.1 Å². The minimum Gasteiger partial charge on any atom is -0.462 e. The van der Waals surface area contributed by atoms with Gasteiger partial charge in [0.2, 0.25) is 0 Å². The van der Waals surface area contributed by atoms with Gasteiger partial charge in [0, 0.05) is 19.3 Å². The molecule has 0 saturated carbocycles. The van der Waals surface area contributed by atoms with Crippen molar-refractivity contribution < 1.29 is 28.6 Å². The second kappa shape index (κ2) is 45.5. The maximum absolute atomic E-state index is 12.7. The second-order valence-corrected chi connectivity index (χ2v) is 17.9. The predicted molar refractivity (Wildman–Crippen MR) is 243 cm³/mol. The first-order valence-electron chi connectivity index (χ1n) is 25.4. The number of hydrogen-bond donors (Lipinski definition) is 0. The number of unbranched alkanes of at least 4 members (excludes halogenated alkanes) is 33. The number of ether oxygens (including phenoxy) is 3. The molecule has 0 aliphatic heterocycles. The molecule has 0 aliphatic rings. The molecular formula is C51H98O6. The summed E-state index contributed by atoms with van der Waals surface area (Å²) < 4.78 is 16.7. The Kier molecular flexibility index (Phi) is 44.2. The Morgan fingerprint density at radius 1 is 0.333 bits per heavy atom. The van der Waals surface area contributed by atoms with Crippen LogP contribution < -0.4 is 0 Å². The van der Waals surface area contributed by atoms with E-state index in [1.54, 1.807) is 0 Å². The third kappa shape index (κ3) is 45.3. The van der Waals surface area contributed by atoms with Crippen LogP contribution in [0.1, 0.15) is 285 Å².